The average Bonchev–Trinajstić information content (AvgIpc) is 2.74. The molecule has 0 atom stereocenters. The zero-order valence-corrected chi connectivity index (χ0v) is 8.07. The molecule has 0 aliphatic rings. The monoisotopic (exact) mass is 208 g/mol. The molecule has 0 fully saturated rings. The molecule has 0 aliphatic carbocycles. The molecule has 6 heteroatoms. The van der Waals surface area contributed by atoms with Crippen LogP contribution in [0, 0.1) is 5.82 Å². The molecule has 0 saturated carbocycles. The predicted octanol–water partition coefficient (Wildman–Crippen LogP) is 1.40. The van der Waals surface area contributed by atoms with Crippen molar-refractivity contribution < 1.29 is 9.13 Å². The Morgan fingerprint density at radius 2 is 2.33 bits per heavy atom. The van der Waals surface area contributed by atoms with E-state index in [0.29, 0.717) is 18.0 Å². The molecule has 2 aromatic rings. The third-order valence-corrected chi connectivity index (χ3v) is 1.84. The maximum atomic E-state index is 13.4. The molecule has 5 nitrogen and oxygen atoms in total. The Bertz CT molecular complexity index is 443. The Balaban J connectivity index is 2.33. The van der Waals surface area contributed by atoms with Crippen LogP contribution >= 0.6 is 0 Å². The Hall–Kier alpha value is -1.98. The van der Waals surface area contributed by atoms with Crippen LogP contribution in [0.15, 0.2) is 18.2 Å². The summed E-state index contributed by atoms with van der Waals surface area (Å²) in [5.74, 6) is 0.154. The van der Waals surface area contributed by atoms with Crippen LogP contribution in [0.5, 0.6) is 5.75 Å². The Morgan fingerprint density at radius 1 is 1.47 bits per heavy atom. The molecule has 1 aromatic heterocycles. The number of hydrogen-bond acceptors (Lipinski definition) is 4. The summed E-state index contributed by atoms with van der Waals surface area (Å²) in [7, 11) is 0. The van der Waals surface area contributed by atoms with Crippen LogP contribution in [0.1, 0.15) is 6.92 Å². The zero-order valence-electron chi connectivity index (χ0n) is 8.07. The van der Waals surface area contributed by atoms with Crippen molar-refractivity contribution in [2.75, 3.05) is 6.61 Å². The van der Waals surface area contributed by atoms with E-state index in [0.717, 1.165) is 0 Å². The molecule has 2 rings (SSSR count). The summed E-state index contributed by atoms with van der Waals surface area (Å²) in [4.78, 5) is 0. The summed E-state index contributed by atoms with van der Waals surface area (Å²) in [5, 5.41) is 13.2. The van der Waals surface area contributed by atoms with Gasteiger partial charge in [0.15, 0.2) is 11.6 Å². The van der Waals surface area contributed by atoms with Crippen LogP contribution in [0.25, 0.3) is 11.4 Å². The van der Waals surface area contributed by atoms with Gasteiger partial charge in [-0.25, -0.2) is 4.39 Å². The van der Waals surface area contributed by atoms with Crippen LogP contribution in [-0.4, -0.2) is 27.2 Å². The second kappa shape index (κ2) is 4.04. The number of ether oxygens (including phenoxy) is 1. The number of rotatable bonds is 3. The summed E-state index contributed by atoms with van der Waals surface area (Å²) in [6, 6.07) is 4.54. The van der Waals surface area contributed by atoms with E-state index in [4.69, 9.17) is 4.74 Å². The first-order chi connectivity index (χ1) is 7.31. The van der Waals surface area contributed by atoms with E-state index in [1.807, 2.05) is 0 Å². The van der Waals surface area contributed by atoms with Crippen molar-refractivity contribution in [2.24, 2.45) is 0 Å². The number of tetrazole rings is 1. The first-order valence-electron chi connectivity index (χ1n) is 4.47. The zero-order chi connectivity index (χ0) is 10.7. The summed E-state index contributed by atoms with van der Waals surface area (Å²) in [6.07, 6.45) is 0. The molecule has 0 bridgehead atoms. The number of hydrogen-bond donors (Lipinski definition) is 1. The van der Waals surface area contributed by atoms with Gasteiger partial charge in [-0.05, 0) is 30.3 Å². The number of aromatic amines is 1. The summed E-state index contributed by atoms with van der Waals surface area (Å²) >= 11 is 0. The minimum Gasteiger partial charge on any atom is -0.491 e. The fraction of sp³-hybridized carbons (Fsp3) is 0.222. The number of halogens is 1. The second-order valence-electron chi connectivity index (χ2n) is 2.81. The van der Waals surface area contributed by atoms with Crippen LogP contribution in [0.4, 0.5) is 4.39 Å². The van der Waals surface area contributed by atoms with Crippen molar-refractivity contribution in [3.8, 4) is 17.1 Å². The van der Waals surface area contributed by atoms with Crippen LogP contribution in [0.3, 0.4) is 0 Å². The van der Waals surface area contributed by atoms with Gasteiger partial charge in [0.2, 0.25) is 5.82 Å². The SMILES string of the molecule is CCOc1ccc(-c2nn[nH]n2)cc1F. The molecule has 78 valence electrons. The molecule has 0 aliphatic heterocycles. The molecule has 1 N–H and O–H groups in total. The number of nitrogens with zero attached hydrogens (tertiary/aromatic N) is 3. The third-order valence-electron chi connectivity index (χ3n) is 1.84. The van der Waals surface area contributed by atoms with E-state index in [2.05, 4.69) is 20.6 Å². The predicted molar refractivity (Wildman–Crippen MR) is 50.7 cm³/mol. The van der Waals surface area contributed by atoms with Crippen LogP contribution in [-0.2, 0) is 0 Å². The Kier molecular flexibility index (Phi) is 2.57. The first-order valence-corrected chi connectivity index (χ1v) is 4.47. The van der Waals surface area contributed by atoms with E-state index in [-0.39, 0.29) is 5.75 Å². The number of H-pyrrole nitrogens is 1. The van der Waals surface area contributed by atoms with Crippen LogP contribution in [0.2, 0.25) is 0 Å². The lowest BCUT2D eigenvalue weighted by Gasteiger charge is -2.04. The maximum absolute atomic E-state index is 13.4. The van der Waals surface area contributed by atoms with E-state index in [1.54, 1.807) is 19.1 Å². The average molecular weight is 208 g/mol. The number of benzene rings is 1. The summed E-state index contributed by atoms with van der Waals surface area (Å²) < 4.78 is 18.5. The minimum atomic E-state index is -0.431. The molecular formula is C9H9FN4O. The second-order valence-corrected chi connectivity index (χ2v) is 2.81. The quantitative estimate of drug-likeness (QED) is 0.828. The van der Waals surface area contributed by atoms with Crippen LogP contribution < -0.4 is 4.74 Å². The highest BCUT2D eigenvalue weighted by Crippen LogP contribution is 2.22. The van der Waals surface area contributed by atoms with Crippen molar-refractivity contribution in [3.05, 3.63) is 24.0 Å². The topological polar surface area (TPSA) is 63.7 Å². The van der Waals surface area contributed by atoms with E-state index in [1.165, 1.54) is 6.07 Å². The van der Waals surface area contributed by atoms with Gasteiger partial charge in [-0.15, -0.1) is 10.2 Å². The smallest absolute Gasteiger partial charge is 0.204 e. The number of nitrogens with one attached hydrogen (secondary N) is 1. The van der Waals surface area contributed by atoms with Gasteiger partial charge in [-0.3, -0.25) is 0 Å². The minimum absolute atomic E-state index is 0.227. The third kappa shape index (κ3) is 1.93. The summed E-state index contributed by atoms with van der Waals surface area (Å²) in [5.41, 5.74) is 0.560. The highest BCUT2D eigenvalue weighted by Gasteiger charge is 2.08. The molecule has 1 aromatic carbocycles. The Morgan fingerprint density at radius 3 is 2.93 bits per heavy atom. The highest BCUT2D eigenvalue weighted by molar-refractivity contribution is 5.55. The van der Waals surface area contributed by atoms with Gasteiger partial charge in [0.1, 0.15) is 0 Å². The van der Waals surface area contributed by atoms with Crippen molar-refractivity contribution in [2.45, 2.75) is 6.92 Å². The normalized spacial score (nSPS) is 10.3. The molecule has 0 spiro atoms. The van der Waals surface area contributed by atoms with Gasteiger partial charge in [0, 0.05) is 5.56 Å². The fourth-order valence-corrected chi connectivity index (χ4v) is 1.20. The highest BCUT2D eigenvalue weighted by atomic mass is 19.1. The molecule has 15 heavy (non-hydrogen) atoms. The van der Waals surface area contributed by atoms with Gasteiger partial charge in [-0.2, -0.15) is 5.21 Å². The molecule has 0 saturated heterocycles. The molecule has 0 amide bonds. The van der Waals surface area contributed by atoms with Gasteiger partial charge < -0.3 is 4.74 Å². The van der Waals surface area contributed by atoms with Gasteiger partial charge in [0.25, 0.3) is 0 Å². The van der Waals surface area contributed by atoms with Gasteiger partial charge >= 0.3 is 0 Å². The molecule has 0 unspecified atom stereocenters. The lowest BCUT2D eigenvalue weighted by molar-refractivity contribution is 0.321. The largest absolute Gasteiger partial charge is 0.491 e. The number of aromatic nitrogens is 4. The maximum Gasteiger partial charge on any atom is 0.204 e. The van der Waals surface area contributed by atoms with Gasteiger partial charge in [-0.1, -0.05) is 0 Å². The standard InChI is InChI=1S/C9H9FN4O/c1-2-15-8-4-3-6(5-7(8)10)9-11-13-14-12-9/h3-5H,2H2,1H3,(H,11,12,13,14). The molecule has 1 heterocycles. The van der Waals surface area contributed by atoms with E-state index < -0.39 is 5.82 Å². The first kappa shape index (κ1) is 9.57. The Labute approximate surface area is 85.3 Å². The molecule has 0 radical (unpaired) electrons. The molecular weight excluding hydrogens is 199 g/mol. The fourth-order valence-electron chi connectivity index (χ4n) is 1.20. The van der Waals surface area contributed by atoms with Gasteiger partial charge in [0.05, 0.1) is 6.61 Å². The van der Waals surface area contributed by atoms with E-state index in [9.17, 15) is 4.39 Å². The van der Waals surface area contributed by atoms with Crippen molar-refractivity contribution in [1.82, 2.24) is 20.6 Å². The summed E-state index contributed by atoms with van der Waals surface area (Å²) in [6.45, 7) is 2.23. The lowest BCUT2D eigenvalue weighted by atomic mass is 10.2. The van der Waals surface area contributed by atoms with Crippen molar-refractivity contribution in [1.29, 1.82) is 0 Å². The lowest BCUT2D eigenvalue weighted by Crippen LogP contribution is -1.94. The van der Waals surface area contributed by atoms with Crippen molar-refractivity contribution >= 4 is 0 Å². The van der Waals surface area contributed by atoms with E-state index >= 15 is 0 Å². The van der Waals surface area contributed by atoms with Crippen molar-refractivity contribution in [3.63, 3.8) is 0 Å².